The predicted octanol–water partition coefficient (Wildman–Crippen LogP) is 2.70. The summed E-state index contributed by atoms with van der Waals surface area (Å²) in [4.78, 5) is 1.75. The van der Waals surface area contributed by atoms with Gasteiger partial charge in [0.1, 0.15) is 0 Å². The van der Waals surface area contributed by atoms with Crippen LogP contribution in [0.3, 0.4) is 0 Å². The summed E-state index contributed by atoms with van der Waals surface area (Å²) in [5.41, 5.74) is 0.347. The number of nitrogens with zero attached hydrogens (tertiary/aromatic N) is 1. The minimum absolute atomic E-state index is 0.108. The Labute approximate surface area is 98.7 Å². The lowest BCUT2D eigenvalue weighted by Gasteiger charge is -2.18. The first-order chi connectivity index (χ1) is 7.86. The van der Waals surface area contributed by atoms with Gasteiger partial charge in [0, 0.05) is 26.4 Å². The number of halogens is 3. The highest BCUT2D eigenvalue weighted by atomic mass is 19.4. The lowest BCUT2D eigenvalue weighted by Crippen LogP contribution is -2.13. The molecule has 0 aliphatic heterocycles. The molecule has 96 valence electrons. The fourth-order valence-corrected chi connectivity index (χ4v) is 1.61. The van der Waals surface area contributed by atoms with Crippen LogP contribution in [0.5, 0.6) is 0 Å². The van der Waals surface area contributed by atoms with Crippen LogP contribution in [0, 0.1) is 0 Å². The van der Waals surface area contributed by atoms with Crippen LogP contribution in [0.25, 0.3) is 0 Å². The summed E-state index contributed by atoms with van der Waals surface area (Å²) < 4.78 is 38.2. The van der Waals surface area contributed by atoms with E-state index in [0.29, 0.717) is 6.42 Å². The number of hydrogen-bond donors (Lipinski definition) is 1. The molecule has 0 radical (unpaired) electrons. The zero-order chi connectivity index (χ0) is 13.1. The van der Waals surface area contributed by atoms with Crippen LogP contribution in [0.1, 0.15) is 17.5 Å². The maximum absolute atomic E-state index is 12.7. The largest absolute Gasteiger partial charge is 0.416 e. The molecule has 1 rings (SSSR count). The Balaban J connectivity index is 3.12. The second-order valence-electron chi connectivity index (χ2n) is 4.06. The van der Waals surface area contributed by atoms with Gasteiger partial charge in [-0.15, -0.1) is 0 Å². The van der Waals surface area contributed by atoms with Crippen LogP contribution >= 0.6 is 0 Å². The molecule has 0 aliphatic carbocycles. The van der Waals surface area contributed by atoms with Crippen molar-refractivity contribution in [1.29, 1.82) is 0 Å². The van der Waals surface area contributed by atoms with Crippen molar-refractivity contribution < 1.29 is 18.3 Å². The van der Waals surface area contributed by atoms with Crippen LogP contribution in [-0.2, 0) is 12.6 Å². The third-order valence-electron chi connectivity index (χ3n) is 2.51. The summed E-state index contributed by atoms with van der Waals surface area (Å²) in [5.74, 6) is 0. The van der Waals surface area contributed by atoms with E-state index in [2.05, 4.69) is 0 Å². The summed E-state index contributed by atoms with van der Waals surface area (Å²) in [6.45, 7) is -0.108. The molecule has 1 aromatic carbocycles. The first-order valence-electron chi connectivity index (χ1n) is 5.34. The van der Waals surface area contributed by atoms with E-state index in [9.17, 15) is 13.2 Å². The maximum Gasteiger partial charge on any atom is 0.416 e. The molecule has 0 atom stereocenters. The fraction of sp³-hybridized carbons (Fsp3) is 0.500. The van der Waals surface area contributed by atoms with Crippen LogP contribution in [0.2, 0.25) is 0 Å². The molecule has 1 N–H and O–H groups in total. The molecular formula is C12H16F3NO. The van der Waals surface area contributed by atoms with E-state index < -0.39 is 11.7 Å². The molecule has 0 spiro atoms. The summed E-state index contributed by atoms with van der Waals surface area (Å²) in [5, 5.41) is 8.71. The number of rotatable bonds is 4. The molecule has 0 aromatic heterocycles. The zero-order valence-electron chi connectivity index (χ0n) is 9.88. The van der Waals surface area contributed by atoms with E-state index >= 15 is 0 Å². The number of alkyl halides is 3. The van der Waals surface area contributed by atoms with Crippen molar-refractivity contribution in [1.82, 2.24) is 0 Å². The van der Waals surface area contributed by atoms with Crippen molar-refractivity contribution in [3.63, 3.8) is 0 Å². The van der Waals surface area contributed by atoms with Gasteiger partial charge in [0.15, 0.2) is 0 Å². The van der Waals surface area contributed by atoms with E-state index in [4.69, 9.17) is 5.11 Å². The Kier molecular flexibility index (Phi) is 4.40. The smallest absolute Gasteiger partial charge is 0.396 e. The van der Waals surface area contributed by atoms with Crippen LogP contribution < -0.4 is 4.90 Å². The van der Waals surface area contributed by atoms with Crippen molar-refractivity contribution in [2.24, 2.45) is 0 Å². The lowest BCUT2D eigenvalue weighted by atomic mass is 10.0. The van der Waals surface area contributed by atoms with Gasteiger partial charge in [-0.2, -0.15) is 13.2 Å². The molecule has 0 unspecified atom stereocenters. The van der Waals surface area contributed by atoms with Gasteiger partial charge in [-0.05, 0) is 36.6 Å². The van der Waals surface area contributed by atoms with Gasteiger partial charge in [0.2, 0.25) is 0 Å². The molecule has 0 amide bonds. The Morgan fingerprint density at radius 3 is 2.35 bits per heavy atom. The summed E-state index contributed by atoms with van der Waals surface area (Å²) >= 11 is 0. The van der Waals surface area contributed by atoms with E-state index in [-0.39, 0.29) is 18.6 Å². The van der Waals surface area contributed by atoms with Gasteiger partial charge in [0.05, 0.1) is 5.56 Å². The summed E-state index contributed by atoms with van der Waals surface area (Å²) in [6, 6.07) is 4.08. The van der Waals surface area contributed by atoms with Crippen molar-refractivity contribution in [2.45, 2.75) is 19.0 Å². The van der Waals surface area contributed by atoms with E-state index in [1.807, 2.05) is 0 Å². The van der Waals surface area contributed by atoms with Crippen molar-refractivity contribution in [2.75, 3.05) is 25.6 Å². The number of aliphatic hydroxyl groups excluding tert-OH is 1. The number of aryl methyl sites for hydroxylation is 1. The van der Waals surface area contributed by atoms with Crippen LogP contribution in [0.4, 0.5) is 18.9 Å². The van der Waals surface area contributed by atoms with Crippen LogP contribution in [-0.4, -0.2) is 25.8 Å². The molecule has 17 heavy (non-hydrogen) atoms. The first-order valence-corrected chi connectivity index (χ1v) is 5.34. The second-order valence-corrected chi connectivity index (χ2v) is 4.06. The van der Waals surface area contributed by atoms with Gasteiger partial charge in [-0.3, -0.25) is 0 Å². The topological polar surface area (TPSA) is 23.5 Å². The average molecular weight is 247 g/mol. The van der Waals surface area contributed by atoms with Gasteiger partial charge in [-0.1, -0.05) is 0 Å². The van der Waals surface area contributed by atoms with E-state index in [0.717, 1.165) is 11.8 Å². The molecular weight excluding hydrogens is 231 g/mol. The highest BCUT2D eigenvalue weighted by molar-refractivity contribution is 5.50. The number of anilines is 1. The number of hydrogen-bond acceptors (Lipinski definition) is 2. The minimum atomic E-state index is -4.34. The maximum atomic E-state index is 12.7. The Morgan fingerprint density at radius 1 is 1.24 bits per heavy atom. The van der Waals surface area contributed by atoms with E-state index in [1.54, 1.807) is 19.0 Å². The fourth-order valence-electron chi connectivity index (χ4n) is 1.61. The minimum Gasteiger partial charge on any atom is -0.396 e. The van der Waals surface area contributed by atoms with Crippen LogP contribution in [0.15, 0.2) is 18.2 Å². The Morgan fingerprint density at radius 2 is 1.88 bits per heavy atom. The Bertz CT molecular complexity index is 375. The highest BCUT2D eigenvalue weighted by Crippen LogP contribution is 2.34. The Hall–Kier alpha value is -1.23. The lowest BCUT2D eigenvalue weighted by molar-refractivity contribution is -0.138. The van der Waals surface area contributed by atoms with Gasteiger partial charge in [0.25, 0.3) is 0 Å². The van der Waals surface area contributed by atoms with Crippen molar-refractivity contribution >= 4 is 5.69 Å². The standard InChI is InChI=1S/C12H16F3NO/c1-16(2)10-5-6-11(12(13,14)15)9(8-10)4-3-7-17/h5-6,8,17H,3-4,7H2,1-2H3. The molecule has 0 fully saturated rings. The number of aliphatic hydroxyl groups is 1. The normalized spacial score (nSPS) is 11.6. The molecule has 0 aliphatic rings. The van der Waals surface area contributed by atoms with Gasteiger partial charge < -0.3 is 10.0 Å². The quantitative estimate of drug-likeness (QED) is 0.884. The summed E-state index contributed by atoms with van der Waals surface area (Å²) in [7, 11) is 3.55. The van der Waals surface area contributed by atoms with Gasteiger partial charge >= 0.3 is 6.18 Å². The molecule has 0 saturated heterocycles. The van der Waals surface area contributed by atoms with Gasteiger partial charge in [-0.25, -0.2) is 0 Å². The SMILES string of the molecule is CN(C)c1ccc(C(F)(F)F)c(CCCO)c1. The summed E-state index contributed by atoms with van der Waals surface area (Å²) in [6.07, 6.45) is -3.78. The zero-order valence-corrected chi connectivity index (χ0v) is 9.88. The number of benzene rings is 1. The molecule has 2 nitrogen and oxygen atoms in total. The molecule has 5 heteroatoms. The highest BCUT2D eigenvalue weighted by Gasteiger charge is 2.33. The molecule has 0 bridgehead atoms. The monoisotopic (exact) mass is 247 g/mol. The molecule has 1 aromatic rings. The van der Waals surface area contributed by atoms with Crippen molar-refractivity contribution in [3.8, 4) is 0 Å². The molecule has 0 saturated carbocycles. The van der Waals surface area contributed by atoms with Crippen molar-refractivity contribution in [3.05, 3.63) is 29.3 Å². The second kappa shape index (κ2) is 5.40. The molecule has 0 heterocycles. The third kappa shape index (κ3) is 3.63. The first kappa shape index (κ1) is 13.8. The third-order valence-corrected chi connectivity index (χ3v) is 2.51. The predicted molar refractivity (Wildman–Crippen MR) is 61.2 cm³/mol. The average Bonchev–Trinajstić information content (AvgIpc) is 2.24. The van der Waals surface area contributed by atoms with E-state index in [1.165, 1.54) is 12.1 Å².